The van der Waals surface area contributed by atoms with Crippen molar-refractivity contribution in [2.75, 3.05) is 0 Å². The predicted octanol–water partition coefficient (Wildman–Crippen LogP) is 13.7. The van der Waals surface area contributed by atoms with Gasteiger partial charge in [-0.25, -0.2) is 0 Å². The third kappa shape index (κ3) is 4.14. The fraction of sp³-hybridized carbons (Fsp3) is 0. The van der Waals surface area contributed by atoms with Crippen LogP contribution in [0.4, 0.5) is 0 Å². The lowest BCUT2D eigenvalue weighted by Gasteiger charge is -2.19. The highest BCUT2D eigenvalue weighted by Crippen LogP contribution is 2.47. The molecule has 0 bridgehead atoms. The maximum atomic E-state index is 2.45. The molecule has 0 aliphatic carbocycles. The van der Waals surface area contributed by atoms with Gasteiger partial charge in [0.2, 0.25) is 0 Å². The van der Waals surface area contributed by atoms with Crippen LogP contribution < -0.4 is 0 Å². The summed E-state index contributed by atoms with van der Waals surface area (Å²) in [5.41, 5.74) is 7.60. The van der Waals surface area contributed by atoms with Crippen molar-refractivity contribution in [2.45, 2.75) is 0 Å². The van der Waals surface area contributed by atoms with Crippen molar-refractivity contribution in [3.05, 3.63) is 170 Å². The predicted molar refractivity (Wildman–Crippen MR) is 206 cm³/mol. The van der Waals surface area contributed by atoms with Crippen LogP contribution in [-0.4, -0.2) is 0 Å². The molecule has 0 unspecified atom stereocenters. The van der Waals surface area contributed by atoms with Crippen LogP contribution in [0.2, 0.25) is 0 Å². The van der Waals surface area contributed by atoms with Gasteiger partial charge in [-0.05, 0) is 101 Å². The zero-order valence-electron chi connectivity index (χ0n) is 25.6. The summed E-state index contributed by atoms with van der Waals surface area (Å²) in [6.07, 6.45) is 0. The molecule has 0 radical (unpaired) electrons. The summed E-state index contributed by atoms with van der Waals surface area (Å²) in [6, 6.07) is 62.9. The smallest absolute Gasteiger partial charge is 0.0433 e. The fourth-order valence-corrected chi connectivity index (χ4v) is 8.87. The summed E-state index contributed by atoms with van der Waals surface area (Å²) in [6.45, 7) is 0. The number of hydrogen-bond donors (Lipinski definition) is 0. The molecule has 0 amide bonds. The van der Waals surface area contributed by atoms with Gasteiger partial charge in [-0.2, -0.15) is 0 Å². The Labute approximate surface area is 276 Å². The Morgan fingerprint density at radius 3 is 1.49 bits per heavy atom. The average molecular weight is 613 g/mol. The van der Waals surface area contributed by atoms with Crippen LogP contribution >= 0.6 is 11.3 Å². The molecular formula is C46H28S. The van der Waals surface area contributed by atoms with Crippen molar-refractivity contribution in [1.82, 2.24) is 0 Å². The highest BCUT2D eigenvalue weighted by atomic mass is 32.1. The lowest BCUT2D eigenvalue weighted by molar-refractivity contribution is 1.67. The van der Waals surface area contributed by atoms with E-state index in [4.69, 9.17) is 0 Å². The number of fused-ring (bicyclic) bond motifs is 7. The monoisotopic (exact) mass is 612 g/mol. The van der Waals surface area contributed by atoms with E-state index in [1.165, 1.54) is 96.6 Å². The Morgan fingerprint density at radius 1 is 0.298 bits per heavy atom. The van der Waals surface area contributed by atoms with Crippen LogP contribution in [-0.2, 0) is 0 Å². The molecule has 1 heteroatoms. The van der Waals surface area contributed by atoms with Crippen molar-refractivity contribution in [2.24, 2.45) is 0 Å². The minimum absolute atomic E-state index is 1.24. The Balaban J connectivity index is 1.33. The molecule has 1 aromatic heterocycles. The van der Waals surface area contributed by atoms with E-state index in [0.29, 0.717) is 0 Å². The van der Waals surface area contributed by atoms with Crippen LogP contribution in [0, 0.1) is 0 Å². The normalized spacial score (nSPS) is 11.8. The first-order chi connectivity index (χ1) is 23.3. The third-order valence-corrected chi connectivity index (χ3v) is 11.0. The van der Waals surface area contributed by atoms with Crippen molar-refractivity contribution >= 4 is 74.6 Å². The molecule has 0 saturated carbocycles. The number of benzene rings is 9. The maximum absolute atomic E-state index is 2.45. The number of hydrogen-bond acceptors (Lipinski definition) is 1. The lowest BCUT2D eigenvalue weighted by Crippen LogP contribution is -1.92. The van der Waals surface area contributed by atoms with Gasteiger partial charge in [0.25, 0.3) is 0 Å². The zero-order chi connectivity index (χ0) is 30.9. The van der Waals surface area contributed by atoms with Gasteiger partial charge < -0.3 is 0 Å². The quantitative estimate of drug-likeness (QED) is 0.174. The standard InChI is InChI=1S/C46H28S/c1-3-12-31-26-34(22-20-29(31)10-1)44-38-15-5-6-16-39(38)45(35-23-21-30-11-2-4-13-32(30)27-35)42-28-33(24-25-40(42)44)36-17-9-18-41-37-14-7-8-19-43(37)47-46(36)41/h1-28H. The van der Waals surface area contributed by atoms with E-state index >= 15 is 0 Å². The molecular weight excluding hydrogens is 585 g/mol. The molecule has 0 spiro atoms. The SMILES string of the molecule is c1ccc2cc(-c3c4ccccc4c(-c4ccc5ccccc5c4)c4cc(-c5cccc6c5sc5ccccc56)ccc34)ccc2c1. The second kappa shape index (κ2) is 10.4. The molecule has 0 aliphatic rings. The Morgan fingerprint density at radius 2 is 0.809 bits per heavy atom. The summed E-state index contributed by atoms with van der Waals surface area (Å²) >= 11 is 1.89. The number of rotatable bonds is 3. The van der Waals surface area contributed by atoms with Crippen LogP contribution in [0.1, 0.15) is 0 Å². The van der Waals surface area contributed by atoms with Crippen molar-refractivity contribution in [3.63, 3.8) is 0 Å². The van der Waals surface area contributed by atoms with Gasteiger partial charge in [0.1, 0.15) is 0 Å². The van der Waals surface area contributed by atoms with E-state index in [0.717, 1.165) is 0 Å². The highest BCUT2D eigenvalue weighted by molar-refractivity contribution is 7.26. The first kappa shape index (κ1) is 26.5. The van der Waals surface area contributed by atoms with Crippen LogP contribution in [0.3, 0.4) is 0 Å². The summed E-state index contributed by atoms with van der Waals surface area (Å²) in [7, 11) is 0. The lowest BCUT2D eigenvalue weighted by atomic mass is 9.84. The largest absolute Gasteiger partial charge is 0.135 e. The van der Waals surface area contributed by atoms with Gasteiger partial charge >= 0.3 is 0 Å². The minimum Gasteiger partial charge on any atom is -0.135 e. The van der Waals surface area contributed by atoms with Gasteiger partial charge in [-0.3, -0.25) is 0 Å². The van der Waals surface area contributed by atoms with Crippen molar-refractivity contribution < 1.29 is 0 Å². The Bertz CT molecular complexity index is 2850. The molecule has 1 heterocycles. The van der Waals surface area contributed by atoms with Crippen molar-refractivity contribution in [3.8, 4) is 33.4 Å². The van der Waals surface area contributed by atoms with Gasteiger partial charge in [0.15, 0.2) is 0 Å². The Hall–Kier alpha value is -5.76. The van der Waals surface area contributed by atoms with Gasteiger partial charge in [0.05, 0.1) is 0 Å². The van der Waals surface area contributed by atoms with Crippen LogP contribution in [0.5, 0.6) is 0 Å². The molecule has 47 heavy (non-hydrogen) atoms. The van der Waals surface area contributed by atoms with Crippen LogP contribution in [0.25, 0.3) is 96.6 Å². The van der Waals surface area contributed by atoms with E-state index in [9.17, 15) is 0 Å². The summed E-state index contributed by atoms with van der Waals surface area (Å²) in [5.74, 6) is 0. The summed E-state index contributed by atoms with van der Waals surface area (Å²) in [5, 5.41) is 12.8. The molecule has 0 nitrogen and oxygen atoms in total. The average Bonchev–Trinajstić information content (AvgIpc) is 3.52. The zero-order valence-corrected chi connectivity index (χ0v) is 26.4. The minimum atomic E-state index is 1.24. The molecule has 10 rings (SSSR count). The van der Waals surface area contributed by atoms with E-state index in [1.807, 2.05) is 11.3 Å². The van der Waals surface area contributed by atoms with Crippen molar-refractivity contribution in [1.29, 1.82) is 0 Å². The van der Waals surface area contributed by atoms with Gasteiger partial charge in [-0.15, -0.1) is 11.3 Å². The molecule has 0 fully saturated rings. The van der Waals surface area contributed by atoms with Gasteiger partial charge in [0, 0.05) is 20.2 Å². The molecule has 10 aromatic rings. The first-order valence-corrected chi connectivity index (χ1v) is 17.0. The molecule has 218 valence electrons. The summed E-state index contributed by atoms with van der Waals surface area (Å²) in [4.78, 5) is 0. The Kier molecular flexibility index (Phi) is 5.85. The molecule has 9 aromatic carbocycles. The second-order valence-electron chi connectivity index (χ2n) is 12.5. The molecule has 0 atom stereocenters. The van der Waals surface area contributed by atoms with Gasteiger partial charge in [-0.1, -0.05) is 146 Å². The first-order valence-electron chi connectivity index (χ1n) is 16.2. The summed E-state index contributed by atoms with van der Waals surface area (Å²) < 4.78 is 2.67. The van der Waals surface area contributed by atoms with E-state index in [1.54, 1.807) is 0 Å². The van der Waals surface area contributed by atoms with E-state index in [2.05, 4.69) is 170 Å². The van der Waals surface area contributed by atoms with E-state index in [-0.39, 0.29) is 0 Å². The third-order valence-electron chi connectivity index (χ3n) is 9.82. The maximum Gasteiger partial charge on any atom is 0.0433 e. The highest BCUT2D eigenvalue weighted by Gasteiger charge is 2.19. The second-order valence-corrected chi connectivity index (χ2v) is 13.5. The molecule has 0 saturated heterocycles. The topological polar surface area (TPSA) is 0 Å². The van der Waals surface area contributed by atoms with E-state index < -0.39 is 0 Å². The molecule has 0 aliphatic heterocycles. The van der Waals surface area contributed by atoms with Crippen LogP contribution in [0.15, 0.2) is 170 Å². The number of thiophene rings is 1. The molecule has 0 N–H and O–H groups in total. The fourth-order valence-electron chi connectivity index (χ4n) is 7.63.